The molecule has 0 atom stereocenters. The van der Waals surface area contributed by atoms with E-state index in [0.29, 0.717) is 0 Å². The van der Waals surface area contributed by atoms with Crippen molar-refractivity contribution in [2.45, 2.75) is 90.9 Å². The van der Waals surface area contributed by atoms with Gasteiger partial charge in [-0.15, -0.1) is 0 Å². The Morgan fingerprint density at radius 1 is 0.714 bits per heavy atom. The molecule has 0 unspecified atom stereocenters. The zero-order chi connectivity index (χ0) is 25.7. The van der Waals surface area contributed by atoms with Crippen molar-refractivity contribution in [1.82, 2.24) is 0 Å². The molecule has 1 aromatic rings. The topological polar surface area (TPSA) is 113 Å². The standard InChI is InChI=1S/C28H38N2O5/c1-3-5-7-9-11-13-17-33-27(31)23(21-29)19-25-15-16-26(35-25)20-24(22-30)28(32)34-18-14-12-10-8-6-4-2/h15-16,19-20H,3-14,17-18H2,1-2H3/b23-19+,24-20+. The van der Waals surface area contributed by atoms with Crippen LogP contribution in [0.5, 0.6) is 0 Å². The maximum absolute atomic E-state index is 12.2. The Morgan fingerprint density at radius 3 is 1.46 bits per heavy atom. The van der Waals surface area contributed by atoms with Gasteiger partial charge in [0.05, 0.1) is 13.2 Å². The highest BCUT2D eigenvalue weighted by Gasteiger charge is 2.14. The Bertz CT molecular complexity index is 842. The maximum Gasteiger partial charge on any atom is 0.349 e. The van der Waals surface area contributed by atoms with Gasteiger partial charge in [-0.05, 0) is 25.0 Å². The third-order valence-corrected chi connectivity index (χ3v) is 5.36. The number of carbonyl (C=O) groups is 2. The van der Waals surface area contributed by atoms with Gasteiger partial charge in [-0.1, -0.05) is 78.1 Å². The normalized spacial score (nSPS) is 11.5. The zero-order valence-corrected chi connectivity index (χ0v) is 21.1. The van der Waals surface area contributed by atoms with Crippen molar-refractivity contribution in [2.75, 3.05) is 13.2 Å². The third kappa shape index (κ3) is 13.2. The summed E-state index contributed by atoms with van der Waals surface area (Å²) in [7, 11) is 0. The van der Waals surface area contributed by atoms with Gasteiger partial charge in [0, 0.05) is 12.2 Å². The number of rotatable bonds is 18. The second-order valence-electron chi connectivity index (χ2n) is 8.39. The van der Waals surface area contributed by atoms with Crippen molar-refractivity contribution in [3.05, 3.63) is 34.8 Å². The summed E-state index contributed by atoms with van der Waals surface area (Å²) in [6.07, 6.45) is 15.4. The number of carbonyl (C=O) groups excluding carboxylic acids is 2. The molecule has 0 N–H and O–H groups in total. The minimum atomic E-state index is -0.703. The van der Waals surface area contributed by atoms with Crippen molar-refractivity contribution in [2.24, 2.45) is 0 Å². The molecule has 0 saturated carbocycles. The highest BCUT2D eigenvalue weighted by Crippen LogP contribution is 2.16. The number of nitrogens with zero attached hydrogens (tertiary/aromatic N) is 2. The van der Waals surface area contributed by atoms with Crippen LogP contribution in [0.15, 0.2) is 27.7 Å². The number of unbranched alkanes of at least 4 members (excludes halogenated alkanes) is 10. The summed E-state index contributed by atoms with van der Waals surface area (Å²) in [5.74, 6) is -0.930. The molecule has 0 bridgehead atoms. The van der Waals surface area contributed by atoms with Crippen LogP contribution >= 0.6 is 0 Å². The lowest BCUT2D eigenvalue weighted by atomic mass is 10.1. The molecular formula is C28H38N2O5. The van der Waals surface area contributed by atoms with Gasteiger partial charge in [-0.3, -0.25) is 0 Å². The van der Waals surface area contributed by atoms with E-state index in [-0.39, 0.29) is 35.9 Å². The van der Waals surface area contributed by atoms with Gasteiger partial charge in [0.2, 0.25) is 0 Å². The number of esters is 2. The van der Waals surface area contributed by atoms with Crippen LogP contribution in [-0.4, -0.2) is 25.2 Å². The van der Waals surface area contributed by atoms with Crippen LogP contribution < -0.4 is 0 Å². The summed E-state index contributed by atoms with van der Waals surface area (Å²) in [6.45, 7) is 4.85. The fourth-order valence-corrected chi connectivity index (χ4v) is 3.33. The first kappa shape index (κ1) is 29.7. The summed E-state index contributed by atoms with van der Waals surface area (Å²) < 4.78 is 15.9. The summed E-state index contributed by atoms with van der Waals surface area (Å²) >= 11 is 0. The average Bonchev–Trinajstić information content (AvgIpc) is 3.31. The smallest absolute Gasteiger partial charge is 0.349 e. The highest BCUT2D eigenvalue weighted by atomic mass is 16.5. The molecule has 0 saturated heterocycles. The molecule has 0 fully saturated rings. The molecule has 1 aromatic heterocycles. The van der Waals surface area contributed by atoms with Crippen molar-refractivity contribution in [3.63, 3.8) is 0 Å². The molecule has 0 aromatic carbocycles. The van der Waals surface area contributed by atoms with Crippen molar-refractivity contribution in [1.29, 1.82) is 10.5 Å². The summed E-state index contributed by atoms with van der Waals surface area (Å²) in [4.78, 5) is 24.3. The van der Waals surface area contributed by atoms with Gasteiger partial charge >= 0.3 is 11.9 Å². The van der Waals surface area contributed by atoms with Gasteiger partial charge < -0.3 is 13.9 Å². The predicted molar refractivity (Wildman–Crippen MR) is 135 cm³/mol. The lowest BCUT2D eigenvalue weighted by molar-refractivity contribution is -0.139. The number of ether oxygens (including phenoxy) is 2. The Kier molecular flexibility index (Phi) is 16.2. The van der Waals surface area contributed by atoms with Crippen LogP contribution in [0.4, 0.5) is 0 Å². The summed E-state index contributed by atoms with van der Waals surface area (Å²) in [5, 5.41) is 18.6. The molecule has 1 heterocycles. The molecule has 0 amide bonds. The minimum absolute atomic E-state index is 0.181. The van der Waals surface area contributed by atoms with Gasteiger partial charge in [0.25, 0.3) is 0 Å². The van der Waals surface area contributed by atoms with Crippen LogP contribution in [0.3, 0.4) is 0 Å². The van der Waals surface area contributed by atoms with E-state index in [9.17, 15) is 20.1 Å². The van der Waals surface area contributed by atoms with Crippen molar-refractivity contribution < 1.29 is 23.5 Å². The van der Waals surface area contributed by atoms with Gasteiger partial charge in [0.1, 0.15) is 34.8 Å². The number of nitriles is 2. The molecule has 35 heavy (non-hydrogen) atoms. The predicted octanol–water partition coefficient (Wildman–Crippen LogP) is 6.90. The Hall–Kier alpha value is -3.32. The van der Waals surface area contributed by atoms with Crippen LogP contribution in [0.25, 0.3) is 12.2 Å². The average molecular weight is 483 g/mol. The Balaban J connectivity index is 2.56. The largest absolute Gasteiger partial charge is 0.462 e. The zero-order valence-electron chi connectivity index (χ0n) is 21.1. The summed E-state index contributed by atoms with van der Waals surface area (Å²) in [5.41, 5.74) is -0.362. The van der Waals surface area contributed by atoms with Crippen molar-refractivity contribution in [3.8, 4) is 12.1 Å². The Labute approximate surface area is 209 Å². The fraction of sp³-hybridized carbons (Fsp3) is 0.571. The Morgan fingerprint density at radius 2 is 1.09 bits per heavy atom. The number of furan rings is 1. The van der Waals surface area contributed by atoms with E-state index in [1.807, 2.05) is 12.1 Å². The monoisotopic (exact) mass is 482 g/mol. The van der Waals surface area contributed by atoms with E-state index in [2.05, 4.69) is 13.8 Å². The first-order chi connectivity index (χ1) is 17.0. The molecule has 7 nitrogen and oxygen atoms in total. The maximum atomic E-state index is 12.2. The molecule has 0 aliphatic heterocycles. The van der Waals surface area contributed by atoms with Crippen molar-refractivity contribution >= 4 is 24.1 Å². The van der Waals surface area contributed by atoms with E-state index < -0.39 is 11.9 Å². The van der Waals surface area contributed by atoms with Gasteiger partial charge in [-0.25, -0.2) is 9.59 Å². The first-order valence-electron chi connectivity index (χ1n) is 12.7. The molecular weight excluding hydrogens is 444 g/mol. The van der Waals surface area contributed by atoms with E-state index in [0.717, 1.165) is 38.5 Å². The van der Waals surface area contributed by atoms with Gasteiger partial charge in [-0.2, -0.15) is 10.5 Å². The van der Waals surface area contributed by atoms with Crippen LogP contribution in [0.2, 0.25) is 0 Å². The first-order valence-corrected chi connectivity index (χ1v) is 12.7. The van der Waals surface area contributed by atoms with E-state index in [1.54, 1.807) is 12.1 Å². The molecule has 0 aliphatic rings. The highest BCUT2D eigenvalue weighted by molar-refractivity contribution is 5.98. The third-order valence-electron chi connectivity index (χ3n) is 5.36. The summed E-state index contributed by atoms with van der Waals surface area (Å²) in [6, 6.07) is 6.74. The molecule has 0 spiro atoms. The minimum Gasteiger partial charge on any atom is -0.462 e. The van der Waals surface area contributed by atoms with E-state index >= 15 is 0 Å². The quantitative estimate of drug-likeness (QED) is 0.0967. The van der Waals surface area contributed by atoms with Crippen LogP contribution in [0, 0.1) is 22.7 Å². The van der Waals surface area contributed by atoms with Gasteiger partial charge in [0.15, 0.2) is 0 Å². The second-order valence-corrected chi connectivity index (χ2v) is 8.39. The number of hydrogen-bond acceptors (Lipinski definition) is 7. The van der Waals surface area contributed by atoms with Crippen LogP contribution in [0.1, 0.15) is 102 Å². The van der Waals surface area contributed by atoms with E-state index in [4.69, 9.17) is 13.9 Å². The molecule has 7 heteroatoms. The lowest BCUT2D eigenvalue weighted by Crippen LogP contribution is -2.08. The molecule has 1 rings (SSSR count). The van der Waals surface area contributed by atoms with E-state index in [1.165, 1.54) is 50.7 Å². The van der Waals surface area contributed by atoms with Crippen LogP contribution in [-0.2, 0) is 19.1 Å². The second kappa shape index (κ2) is 19.0. The fourth-order valence-electron chi connectivity index (χ4n) is 3.33. The molecule has 190 valence electrons. The SMILES string of the molecule is CCCCCCCCOC(=O)/C(C#N)=C/c1ccc(/C=C(\C#N)C(=O)OCCCCCCCC)o1. The molecule has 0 aliphatic carbocycles. The molecule has 0 radical (unpaired) electrons. The lowest BCUT2D eigenvalue weighted by Gasteiger charge is -2.04. The number of hydrogen-bond donors (Lipinski definition) is 0.